The standard InChI is InChI=1S/C8H9BrN2O/c9-7-2-1-6(3-11-7)8(12)4-10-5-8/h1-3,10,12H,4-5H2. The maximum Gasteiger partial charge on any atom is 0.116 e. The zero-order valence-electron chi connectivity index (χ0n) is 6.42. The Bertz CT molecular complexity index is 282. The van der Waals surface area contributed by atoms with Crippen LogP contribution in [0.2, 0.25) is 0 Å². The van der Waals surface area contributed by atoms with Crippen LogP contribution < -0.4 is 5.32 Å². The summed E-state index contributed by atoms with van der Waals surface area (Å²) in [5.41, 5.74) is 0.192. The molecule has 1 aromatic rings. The first-order chi connectivity index (χ1) is 5.71. The van der Waals surface area contributed by atoms with Crippen LogP contribution in [0.3, 0.4) is 0 Å². The highest BCUT2D eigenvalue weighted by Crippen LogP contribution is 2.24. The highest BCUT2D eigenvalue weighted by Gasteiger charge is 2.36. The lowest BCUT2D eigenvalue weighted by molar-refractivity contribution is -0.0149. The molecule has 0 bridgehead atoms. The van der Waals surface area contributed by atoms with Gasteiger partial charge in [-0.05, 0) is 22.0 Å². The fraction of sp³-hybridized carbons (Fsp3) is 0.375. The van der Waals surface area contributed by atoms with E-state index in [1.165, 1.54) is 0 Å². The molecule has 12 heavy (non-hydrogen) atoms. The lowest BCUT2D eigenvalue weighted by atomic mass is 9.90. The number of aliphatic hydroxyl groups is 1. The van der Waals surface area contributed by atoms with E-state index in [1.54, 1.807) is 6.20 Å². The van der Waals surface area contributed by atoms with Crippen LogP contribution in [-0.4, -0.2) is 23.2 Å². The summed E-state index contributed by atoms with van der Waals surface area (Å²) >= 11 is 3.24. The summed E-state index contributed by atoms with van der Waals surface area (Å²) in [5.74, 6) is 0. The number of nitrogens with one attached hydrogen (secondary N) is 1. The molecule has 1 saturated heterocycles. The number of nitrogens with zero attached hydrogens (tertiary/aromatic N) is 1. The number of aromatic nitrogens is 1. The minimum Gasteiger partial charge on any atom is -0.382 e. The van der Waals surface area contributed by atoms with Gasteiger partial charge in [-0.25, -0.2) is 4.98 Å². The Morgan fingerprint density at radius 1 is 1.50 bits per heavy atom. The number of β-amino-alcohol motifs (C(OH)–C–C–N with tert-alkyl or cyclic N) is 1. The Kier molecular flexibility index (Phi) is 1.90. The van der Waals surface area contributed by atoms with Crippen molar-refractivity contribution in [2.45, 2.75) is 5.60 Å². The number of rotatable bonds is 1. The lowest BCUT2D eigenvalue weighted by Crippen LogP contribution is -2.56. The van der Waals surface area contributed by atoms with Crippen molar-refractivity contribution in [2.75, 3.05) is 13.1 Å². The zero-order valence-corrected chi connectivity index (χ0v) is 8.00. The summed E-state index contributed by atoms with van der Waals surface area (Å²) in [5, 5.41) is 12.9. The van der Waals surface area contributed by atoms with Crippen LogP contribution in [0.15, 0.2) is 22.9 Å². The molecule has 3 nitrogen and oxygen atoms in total. The van der Waals surface area contributed by atoms with E-state index in [0.29, 0.717) is 13.1 Å². The number of halogens is 1. The Morgan fingerprint density at radius 2 is 2.25 bits per heavy atom. The summed E-state index contributed by atoms with van der Waals surface area (Å²) < 4.78 is 0.794. The highest BCUT2D eigenvalue weighted by molar-refractivity contribution is 9.10. The first kappa shape index (κ1) is 8.16. The highest BCUT2D eigenvalue weighted by atomic mass is 79.9. The van der Waals surface area contributed by atoms with E-state index < -0.39 is 5.60 Å². The fourth-order valence-electron chi connectivity index (χ4n) is 1.22. The topological polar surface area (TPSA) is 45.2 Å². The monoisotopic (exact) mass is 228 g/mol. The van der Waals surface area contributed by atoms with Crippen LogP contribution in [0.25, 0.3) is 0 Å². The van der Waals surface area contributed by atoms with Crippen molar-refractivity contribution < 1.29 is 5.11 Å². The van der Waals surface area contributed by atoms with Crippen LogP contribution in [0, 0.1) is 0 Å². The third-order valence-electron chi connectivity index (χ3n) is 2.10. The Hall–Kier alpha value is -0.450. The van der Waals surface area contributed by atoms with Gasteiger partial charge in [0.05, 0.1) is 0 Å². The molecule has 0 amide bonds. The van der Waals surface area contributed by atoms with Gasteiger partial charge < -0.3 is 10.4 Å². The molecular formula is C8H9BrN2O. The first-order valence-electron chi connectivity index (χ1n) is 3.76. The van der Waals surface area contributed by atoms with Crippen molar-refractivity contribution in [3.8, 4) is 0 Å². The molecule has 1 aliphatic rings. The van der Waals surface area contributed by atoms with Gasteiger partial charge in [-0.3, -0.25) is 0 Å². The smallest absolute Gasteiger partial charge is 0.116 e. The average Bonchev–Trinajstić information content (AvgIpc) is 2.02. The molecule has 1 aromatic heterocycles. The van der Waals surface area contributed by atoms with Crippen molar-refractivity contribution in [3.05, 3.63) is 28.5 Å². The van der Waals surface area contributed by atoms with Crippen molar-refractivity contribution in [1.29, 1.82) is 0 Å². The van der Waals surface area contributed by atoms with Crippen molar-refractivity contribution >= 4 is 15.9 Å². The van der Waals surface area contributed by atoms with Gasteiger partial charge in [0.25, 0.3) is 0 Å². The second-order valence-electron chi connectivity index (χ2n) is 3.00. The summed E-state index contributed by atoms with van der Waals surface area (Å²) in [4.78, 5) is 4.06. The van der Waals surface area contributed by atoms with E-state index >= 15 is 0 Å². The van der Waals surface area contributed by atoms with Crippen LogP contribution in [0.1, 0.15) is 5.56 Å². The molecule has 4 heteroatoms. The first-order valence-corrected chi connectivity index (χ1v) is 4.55. The van der Waals surface area contributed by atoms with Gasteiger partial charge in [-0.2, -0.15) is 0 Å². The maximum absolute atomic E-state index is 9.85. The van der Waals surface area contributed by atoms with Gasteiger partial charge in [-0.1, -0.05) is 6.07 Å². The van der Waals surface area contributed by atoms with E-state index in [4.69, 9.17) is 0 Å². The van der Waals surface area contributed by atoms with E-state index in [1.807, 2.05) is 12.1 Å². The molecule has 0 atom stereocenters. The Morgan fingerprint density at radius 3 is 2.67 bits per heavy atom. The van der Waals surface area contributed by atoms with Gasteiger partial charge in [-0.15, -0.1) is 0 Å². The number of hydrogen-bond donors (Lipinski definition) is 2. The molecular weight excluding hydrogens is 220 g/mol. The number of pyridine rings is 1. The van der Waals surface area contributed by atoms with Crippen LogP contribution in [0.4, 0.5) is 0 Å². The quantitative estimate of drug-likeness (QED) is 0.694. The Labute approximate surface area is 79.0 Å². The van der Waals surface area contributed by atoms with Gasteiger partial charge in [0.2, 0.25) is 0 Å². The zero-order chi connectivity index (χ0) is 8.60. The second-order valence-corrected chi connectivity index (χ2v) is 3.82. The Balaban J connectivity index is 2.28. The molecule has 2 heterocycles. The molecule has 0 spiro atoms. The van der Waals surface area contributed by atoms with Gasteiger partial charge in [0, 0.05) is 24.8 Å². The van der Waals surface area contributed by atoms with Gasteiger partial charge in [0.15, 0.2) is 0 Å². The SMILES string of the molecule is OC1(c2ccc(Br)nc2)CNC1. The predicted molar refractivity (Wildman–Crippen MR) is 48.7 cm³/mol. The fourth-order valence-corrected chi connectivity index (χ4v) is 1.45. The van der Waals surface area contributed by atoms with E-state index in [9.17, 15) is 5.11 Å². The summed E-state index contributed by atoms with van der Waals surface area (Å²) in [6.07, 6.45) is 1.70. The lowest BCUT2D eigenvalue weighted by Gasteiger charge is -2.37. The molecule has 64 valence electrons. The minimum absolute atomic E-state index is 0.621. The van der Waals surface area contributed by atoms with Gasteiger partial charge in [0.1, 0.15) is 10.2 Å². The molecule has 0 aromatic carbocycles. The van der Waals surface area contributed by atoms with Crippen LogP contribution in [-0.2, 0) is 5.60 Å². The van der Waals surface area contributed by atoms with Crippen molar-refractivity contribution in [1.82, 2.24) is 10.3 Å². The predicted octanol–water partition coefficient (Wildman–Crippen LogP) is 0.635. The van der Waals surface area contributed by atoms with Gasteiger partial charge >= 0.3 is 0 Å². The average molecular weight is 229 g/mol. The molecule has 0 radical (unpaired) electrons. The molecule has 1 aliphatic heterocycles. The molecule has 0 aliphatic carbocycles. The second kappa shape index (κ2) is 2.80. The summed E-state index contributed by atoms with van der Waals surface area (Å²) in [6.45, 7) is 1.24. The summed E-state index contributed by atoms with van der Waals surface area (Å²) in [7, 11) is 0. The van der Waals surface area contributed by atoms with E-state index in [0.717, 1.165) is 10.2 Å². The number of hydrogen-bond acceptors (Lipinski definition) is 3. The normalized spacial score (nSPS) is 20.2. The third-order valence-corrected chi connectivity index (χ3v) is 2.57. The maximum atomic E-state index is 9.85. The van der Waals surface area contributed by atoms with Crippen molar-refractivity contribution in [3.63, 3.8) is 0 Å². The van der Waals surface area contributed by atoms with E-state index in [2.05, 4.69) is 26.2 Å². The van der Waals surface area contributed by atoms with Crippen molar-refractivity contribution in [2.24, 2.45) is 0 Å². The minimum atomic E-state index is -0.687. The third kappa shape index (κ3) is 1.26. The molecule has 0 unspecified atom stereocenters. The molecule has 1 fully saturated rings. The van der Waals surface area contributed by atoms with E-state index in [-0.39, 0.29) is 0 Å². The molecule has 0 saturated carbocycles. The molecule has 2 N–H and O–H groups in total. The largest absolute Gasteiger partial charge is 0.382 e. The summed E-state index contributed by atoms with van der Waals surface area (Å²) in [6, 6.07) is 3.73. The van der Waals surface area contributed by atoms with Crippen LogP contribution >= 0.6 is 15.9 Å². The van der Waals surface area contributed by atoms with Crippen LogP contribution in [0.5, 0.6) is 0 Å². The molecule has 2 rings (SSSR count).